The topological polar surface area (TPSA) is 67.9 Å². The highest BCUT2D eigenvalue weighted by molar-refractivity contribution is 6.30. The molecule has 0 radical (unpaired) electrons. The second-order valence-corrected chi connectivity index (χ2v) is 6.39. The summed E-state index contributed by atoms with van der Waals surface area (Å²) in [6.45, 7) is 1.48. The van der Waals surface area contributed by atoms with Crippen molar-refractivity contribution in [2.45, 2.75) is 19.4 Å². The molecule has 3 heterocycles. The summed E-state index contributed by atoms with van der Waals surface area (Å²) in [6.07, 6.45) is 2.09. The van der Waals surface area contributed by atoms with E-state index in [2.05, 4.69) is 10.1 Å². The van der Waals surface area contributed by atoms with Crippen LogP contribution >= 0.6 is 11.6 Å². The van der Waals surface area contributed by atoms with Crippen molar-refractivity contribution in [3.8, 4) is 5.75 Å². The van der Waals surface area contributed by atoms with Crippen LogP contribution in [0.25, 0.3) is 10.9 Å². The van der Waals surface area contributed by atoms with Crippen LogP contribution in [-0.2, 0) is 4.79 Å². The van der Waals surface area contributed by atoms with Crippen LogP contribution in [0.2, 0.25) is 5.15 Å². The fourth-order valence-corrected chi connectivity index (χ4v) is 3.41. The minimum Gasteiger partial charge on any atom is -0.497 e. The summed E-state index contributed by atoms with van der Waals surface area (Å²) in [5.74, 6) is 1.19. The molecule has 1 aromatic carbocycles. The maximum atomic E-state index is 12.1. The number of nitrogens with zero attached hydrogens (tertiary/aromatic N) is 3. The molecule has 1 aliphatic heterocycles. The Bertz CT molecular complexity index is 1010. The number of rotatable bonds is 3. The molecule has 1 amide bonds. The molecular weight excluding hydrogens is 354 g/mol. The SMILES string of the molecule is COc1ccc2cc([C@@H]3CC(c4ccco4)=NN3C(C)=O)c(Cl)nc2c1. The van der Waals surface area contributed by atoms with Gasteiger partial charge >= 0.3 is 0 Å². The first-order chi connectivity index (χ1) is 12.6. The standard InChI is InChI=1S/C19H16ClN3O3/c1-11(24)23-17(10-16(22-23)18-4-3-7-26-18)14-8-12-5-6-13(25-2)9-15(12)21-19(14)20/h3-9,17H,10H2,1-2H3/t17-/m0/s1. The summed E-state index contributed by atoms with van der Waals surface area (Å²) in [5, 5.41) is 7.14. The van der Waals surface area contributed by atoms with Gasteiger partial charge in [0.2, 0.25) is 5.91 Å². The predicted molar refractivity (Wildman–Crippen MR) is 98.4 cm³/mol. The largest absolute Gasteiger partial charge is 0.497 e. The number of carbonyl (C=O) groups is 1. The van der Waals surface area contributed by atoms with Crippen LogP contribution in [0.5, 0.6) is 5.75 Å². The molecule has 0 unspecified atom stereocenters. The number of methoxy groups -OCH3 is 1. The Morgan fingerprint density at radius 2 is 2.19 bits per heavy atom. The van der Waals surface area contributed by atoms with Gasteiger partial charge in [0, 0.05) is 30.4 Å². The van der Waals surface area contributed by atoms with Gasteiger partial charge in [0.25, 0.3) is 0 Å². The van der Waals surface area contributed by atoms with Crippen LogP contribution < -0.4 is 4.74 Å². The lowest BCUT2D eigenvalue weighted by Crippen LogP contribution is -2.24. The van der Waals surface area contributed by atoms with Gasteiger partial charge in [0.15, 0.2) is 0 Å². The van der Waals surface area contributed by atoms with E-state index in [1.807, 2.05) is 30.3 Å². The number of amides is 1. The van der Waals surface area contributed by atoms with E-state index < -0.39 is 0 Å². The lowest BCUT2D eigenvalue weighted by Gasteiger charge is -2.21. The van der Waals surface area contributed by atoms with Crippen molar-refractivity contribution in [1.29, 1.82) is 0 Å². The van der Waals surface area contributed by atoms with E-state index in [1.54, 1.807) is 19.4 Å². The van der Waals surface area contributed by atoms with Crippen molar-refractivity contribution >= 4 is 34.1 Å². The highest BCUT2D eigenvalue weighted by Crippen LogP contribution is 2.37. The number of hydrazone groups is 1. The Balaban J connectivity index is 1.76. The van der Waals surface area contributed by atoms with Gasteiger partial charge in [0.05, 0.1) is 24.9 Å². The molecule has 26 heavy (non-hydrogen) atoms. The molecule has 1 atom stereocenters. The van der Waals surface area contributed by atoms with Crippen molar-refractivity contribution in [1.82, 2.24) is 9.99 Å². The molecule has 2 aromatic heterocycles. The Morgan fingerprint density at radius 1 is 1.35 bits per heavy atom. The van der Waals surface area contributed by atoms with Crippen molar-refractivity contribution in [3.05, 3.63) is 59.1 Å². The van der Waals surface area contributed by atoms with E-state index in [0.717, 1.165) is 16.5 Å². The van der Waals surface area contributed by atoms with Crippen molar-refractivity contribution in [2.24, 2.45) is 5.10 Å². The zero-order valence-electron chi connectivity index (χ0n) is 14.3. The molecule has 0 bridgehead atoms. The third-order valence-electron chi connectivity index (χ3n) is 4.40. The van der Waals surface area contributed by atoms with E-state index in [1.165, 1.54) is 11.9 Å². The van der Waals surface area contributed by atoms with E-state index in [0.29, 0.717) is 28.8 Å². The van der Waals surface area contributed by atoms with Crippen molar-refractivity contribution < 1.29 is 13.9 Å². The van der Waals surface area contributed by atoms with Crippen LogP contribution in [0, 0.1) is 0 Å². The van der Waals surface area contributed by atoms with E-state index in [9.17, 15) is 4.79 Å². The number of halogens is 1. The van der Waals surface area contributed by atoms with Gasteiger partial charge in [-0.15, -0.1) is 0 Å². The molecule has 0 N–H and O–H groups in total. The molecule has 0 fully saturated rings. The van der Waals surface area contributed by atoms with Crippen LogP contribution in [0.4, 0.5) is 0 Å². The molecular formula is C19H16ClN3O3. The lowest BCUT2D eigenvalue weighted by molar-refractivity contribution is -0.130. The number of aromatic nitrogens is 1. The number of hydrogen-bond acceptors (Lipinski definition) is 5. The second-order valence-electron chi connectivity index (χ2n) is 6.03. The van der Waals surface area contributed by atoms with E-state index in [-0.39, 0.29) is 11.9 Å². The Morgan fingerprint density at radius 3 is 2.88 bits per heavy atom. The Labute approximate surface area is 155 Å². The van der Waals surface area contributed by atoms with Gasteiger partial charge in [-0.1, -0.05) is 11.6 Å². The van der Waals surface area contributed by atoms with Gasteiger partial charge < -0.3 is 9.15 Å². The number of pyridine rings is 1. The van der Waals surface area contributed by atoms with Crippen LogP contribution in [-0.4, -0.2) is 28.7 Å². The molecule has 0 saturated heterocycles. The second kappa shape index (κ2) is 6.46. The Hall–Kier alpha value is -2.86. The smallest absolute Gasteiger partial charge is 0.240 e. The lowest BCUT2D eigenvalue weighted by atomic mass is 10.0. The molecule has 0 saturated carbocycles. The van der Waals surface area contributed by atoms with Crippen LogP contribution in [0.1, 0.15) is 30.7 Å². The molecule has 6 nitrogen and oxygen atoms in total. The summed E-state index contributed by atoms with van der Waals surface area (Å²) >= 11 is 6.46. The van der Waals surface area contributed by atoms with Crippen LogP contribution in [0.3, 0.4) is 0 Å². The van der Waals surface area contributed by atoms with Crippen molar-refractivity contribution in [2.75, 3.05) is 7.11 Å². The maximum absolute atomic E-state index is 12.1. The molecule has 0 spiro atoms. The minimum atomic E-state index is -0.320. The maximum Gasteiger partial charge on any atom is 0.240 e. The van der Waals surface area contributed by atoms with Gasteiger partial charge in [-0.3, -0.25) is 4.79 Å². The first kappa shape index (κ1) is 16.6. The molecule has 0 aliphatic carbocycles. The molecule has 1 aliphatic rings. The number of hydrogen-bond donors (Lipinski definition) is 0. The zero-order valence-corrected chi connectivity index (χ0v) is 15.0. The monoisotopic (exact) mass is 369 g/mol. The number of ether oxygens (including phenoxy) is 1. The summed E-state index contributed by atoms with van der Waals surface area (Å²) in [7, 11) is 1.61. The predicted octanol–water partition coefficient (Wildman–Crippen LogP) is 4.19. The quantitative estimate of drug-likeness (QED) is 0.649. The highest BCUT2D eigenvalue weighted by atomic mass is 35.5. The van der Waals surface area contributed by atoms with Gasteiger partial charge in [-0.05, 0) is 30.3 Å². The number of carbonyl (C=O) groups excluding carboxylic acids is 1. The summed E-state index contributed by atoms with van der Waals surface area (Å²) < 4.78 is 10.7. The van der Waals surface area contributed by atoms with Gasteiger partial charge in [-0.2, -0.15) is 5.10 Å². The van der Waals surface area contributed by atoms with E-state index >= 15 is 0 Å². The van der Waals surface area contributed by atoms with Gasteiger partial charge in [0.1, 0.15) is 22.4 Å². The van der Waals surface area contributed by atoms with Crippen LogP contribution in [0.15, 0.2) is 52.2 Å². The molecule has 7 heteroatoms. The average molecular weight is 370 g/mol. The third-order valence-corrected chi connectivity index (χ3v) is 4.71. The molecule has 4 rings (SSSR count). The zero-order chi connectivity index (χ0) is 18.3. The summed E-state index contributed by atoms with van der Waals surface area (Å²) in [5.41, 5.74) is 2.20. The number of furan rings is 1. The van der Waals surface area contributed by atoms with Crippen molar-refractivity contribution in [3.63, 3.8) is 0 Å². The first-order valence-electron chi connectivity index (χ1n) is 8.12. The minimum absolute atomic E-state index is 0.164. The number of benzene rings is 1. The Kier molecular flexibility index (Phi) is 4.12. The van der Waals surface area contributed by atoms with Gasteiger partial charge in [-0.25, -0.2) is 9.99 Å². The highest BCUT2D eigenvalue weighted by Gasteiger charge is 2.34. The van der Waals surface area contributed by atoms with E-state index in [4.69, 9.17) is 20.8 Å². The third kappa shape index (κ3) is 2.82. The summed E-state index contributed by atoms with van der Waals surface area (Å²) in [6, 6.07) is 10.9. The fourth-order valence-electron chi connectivity index (χ4n) is 3.13. The normalized spacial score (nSPS) is 16.8. The number of fused-ring (bicyclic) bond motifs is 1. The fraction of sp³-hybridized carbons (Fsp3) is 0.211. The molecule has 3 aromatic rings. The molecule has 132 valence electrons. The average Bonchev–Trinajstić information content (AvgIpc) is 3.30. The summed E-state index contributed by atoms with van der Waals surface area (Å²) in [4.78, 5) is 16.6. The first-order valence-corrected chi connectivity index (χ1v) is 8.50.